The normalized spacial score (nSPS) is 15.1. The molecule has 2 aromatic carbocycles. The van der Waals surface area contributed by atoms with Gasteiger partial charge in [-0.1, -0.05) is 32.0 Å². The lowest BCUT2D eigenvalue weighted by molar-refractivity contribution is 0.656. The van der Waals surface area contributed by atoms with Crippen LogP contribution in [0, 0.1) is 6.92 Å². The van der Waals surface area contributed by atoms with Gasteiger partial charge in [0.1, 0.15) is 11.2 Å². The van der Waals surface area contributed by atoms with Crippen molar-refractivity contribution in [2.75, 3.05) is 0 Å². The van der Waals surface area contributed by atoms with Gasteiger partial charge in [-0.25, -0.2) is 0 Å². The van der Waals surface area contributed by atoms with Crippen LogP contribution in [0.1, 0.15) is 30.5 Å². The van der Waals surface area contributed by atoms with E-state index in [4.69, 9.17) is 4.42 Å². The molecule has 0 spiro atoms. The highest BCUT2D eigenvalue weighted by atomic mass is 16.3. The molecule has 0 aliphatic heterocycles. The zero-order chi connectivity index (χ0) is 15.8. The molecular weight excluding hydrogens is 282 g/mol. The van der Waals surface area contributed by atoms with Gasteiger partial charge in [-0.15, -0.1) is 0 Å². The zero-order valence-corrected chi connectivity index (χ0v) is 13.5. The maximum atomic E-state index is 6.13. The molecule has 0 saturated heterocycles. The van der Waals surface area contributed by atoms with Crippen molar-refractivity contribution in [3.05, 3.63) is 65.4 Å². The molecule has 5 rings (SSSR count). The van der Waals surface area contributed by atoms with Crippen LogP contribution in [0.5, 0.6) is 0 Å². The minimum Gasteiger partial charge on any atom is -0.456 e. The van der Waals surface area contributed by atoms with Crippen molar-refractivity contribution in [3.8, 4) is 11.3 Å². The number of nitrogens with zero attached hydrogens (tertiary/aromatic N) is 1. The number of rotatable bonds is 0. The van der Waals surface area contributed by atoms with E-state index in [0.717, 1.165) is 16.9 Å². The Morgan fingerprint density at radius 3 is 2.74 bits per heavy atom. The summed E-state index contributed by atoms with van der Waals surface area (Å²) in [6.07, 6.45) is 1.88. The molecule has 0 saturated carbocycles. The Morgan fingerprint density at radius 2 is 1.87 bits per heavy atom. The molecule has 0 unspecified atom stereocenters. The van der Waals surface area contributed by atoms with Gasteiger partial charge >= 0.3 is 0 Å². The van der Waals surface area contributed by atoms with Crippen LogP contribution in [-0.2, 0) is 5.41 Å². The van der Waals surface area contributed by atoms with Crippen molar-refractivity contribution in [1.82, 2.24) is 4.98 Å². The first kappa shape index (κ1) is 12.9. The molecule has 23 heavy (non-hydrogen) atoms. The maximum absolute atomic E-state index is 6.13. The number of aromatic nitrogens is 1. The quantitative estimate of drug-likeness (QED) is 0.422. The van der Waals surface area contributed by atoms with E-state index in [-0.39, 0.29) is 5.41 Å². The number of hydrogen-bond donors (Lipinski definition) is 0. The Hall–Kier alpha value is -2.61. The fourth-order valence-electron chi connectivity index (χ4n) is 4.08. The summed E-state index contributed by atoms with van der Waals surface area (Å²) in [5.74, 6) is 0. The molecule has 2 heterocycles. The summed E-state index contributed by atoms with van der Waals surface area (Å²) < 4.78 is 6.13. The van der Waals surface area contributed by atoms with Gasteiger partial charge in [-0.3, -0.25) is 4.98 Å². The fraction of sp³-hybridized carbons (Fsp3) is 0.190. The smallest absolute Gasteiger partial charge is 0.135 e. The predicted octanol–water partition coefficient (Wildman–Crippen LogP) is 5.60. The van der Waals surface area contributed by atoms with Crippen molar-refractivity contribution in [1.29, 1.82) is 0 Å². The van der Waals surface area contributed by atoms with Crippen LogP contribution in [0.3, 0.4) is 0 Å². The summed E-state index contributed by atoms with van der Waals surface area (Å²) in [6, 6.07) is 14.9. The molecule has 0 bridgehead atoms. The number of aryl methyl sites for hydroxylation is 1. The molecule has 2 aromatic heterocycles. The van der Waals surface area contributed by atoms with E-state index in [1.807, 2.05) is 12.3 Å². The molecular formula is C21H17NO. The Bertz CT molecular complexity index is 1100. The summed E-state index contributed by atoms with van der Waals surface area (Å²) in [5.41, 5.74) is 8.06. The van der Waals surface area contributed by atoms with Crippen LogP contribution in [0.2, 0.25) is 0 Å². The van der Waals surface area contributed by atoms with Gasteiger partial charge in [0.15, 0.2) is 0 Å². The molecule has 4 aromatic rings. The molecule has 0 fully saturated rings. The van der Waals surface area contributed by atoms with Crippen LogP contribution < -0.4 is 0 Å². The second-order valence-electron chi connectivity index (χ2n) is 6.99. The van der Waals surface area contributed by atoms with Crippen LogP contribution >= 0.6 is 0 Å². The maximum Gasteiger partial charge on any atom is 0.135 e. The summed E-state index contributed by atoms with van der Waals surface area (Å²) >= 11 is 0. The van der Waals surface area contributed by atoms with E-state index in [1.165, 1.54) is 33.0 Å². The third-order valence-corrected chi connectivity index (χ3v) is 5.15. The third kappa shape index (κ3) is 1.51. The van der Waals surface area contributed by atoms with Crippen molar-refractivity contribution < 1.29 is 4.42 Å². The van der Waals surface area contributed by atoms with E-state index in [9.17, 15) is 0 Å². The fourth-order valence-corrected chi connectivity index (χ4v) is 4.08. The lowest BCUT2D eigenvalue weighted by Crippen LogP contribution is -2.15. The van der Waals surface area contributed by atoms with Gasteiger partial charge in [0.05, 0.1) is 5.69 Å². The van der Waals surface area contributed by atoms with Gasteiger partial charge in [-0.05, 0) is 47.9 Å². The van der Waals surface area contributed by atoms with Gasteiger partial charge < -0.3 is 4.42 Å². The average Bonchev–Trinajstić information content (AvgIpc) is 3.00. The van der Waals surface area contributed by atoms with Gasteiger partial charge in [0.25, 0.3) is 0 Å². The average molecular weight is 299 g/mol. The van der Waals surface area contributed by atoms with Crippen LogP contribution in [-0.4, -0.2) is 4.98 Å². The molecule has 0 N–H and O–H groups in total. The Labute approximate surface area is 134 Å². The van der Waals surface area contributed by atoms with Gasteiger partial charge in [-0.2, -0.15) is 0 Å². The summed E-state index contributed by atoms with van der Waals surface area (Å²) in [6.45, 7) is 6.67. The van der Waals surface area contributed by atoms with Crippen molar-refractivity contribution in [2.45, 2.75) is 26.2 Å². The number of benzene rings is 2. The van der Waals surface area contributed by atoms with Crippen LogP contribution in [0.4, 0.5) is 0 Å². The first-order valence-electron chi connectivity index (χ1n) is 7.99. The Balaban J connectivity index is 2.00. The van der Waals surface area contributed by atoms with E-state index < -0.39 is 0 Å². The molecule has 2 heteroatoms. The van der Waals surface area contributed by atoms with E-state index in [1.54, 1.807) is 0 Å². The standard InChI is InChI=1S/C21H17NO/c1-12-6-7-13-17(11-12)23-16-9-8-14-19(18(13)16)21(2,3)15-5-4-10-22-20(14)15/h4-11H,1-3H3. The van der Waals surface area contributed by atoms with Crippen molar-refractivity contribution in [3.63, 3.8) is 0 Å². The van der Waals surface area contributed by atoms with E-state index in [2.05, 4.69) is 62.2 Å². The second kappa shape index (κ2) is 4.02. The predicted molar refractivity (Wildman–Crippen MR) is 93.8 cm³/mol. The minimum atomic E-state index is -0.0693. The highest BCUT2D eigenvalue weighted by Gasteiger charge is 2.38. The highest BCUT2D eigenvalue weighted by Crippen LogP contribution is 2.51. The largest absolute Gasteiger partial charge is 0.456 e. The lowest BCUT2D eigenvalue weighted by atomic mass is 9.80. The second-order valence-corrected chi connectivity index (χ2v) is 6.99. The molecule has 2 nitrogen and oxygen atoms in total. The van der Waals surface area contributed by atoms with Crippen LogP contribution in [0.25, 0.3) is 33.2 Å². The molecule has 0 amide bonds. The molecule has 1 aliphatic rings. The molecule has 112 valence electrons. The monoisotopic (exact) mass is 299 g/mol. The van der Waals surface area contributed by atoms with Gasteiger partial charge in [0.2, 0.25) is 0 Å². The van der Waals surface area contributed by atoms with E-state index >= 15 is 0 Å². The van der Waals surface area contributed by atoms with E-state index in [0.29, 0.717) is 0 Å². The molecule has 0 radical (unpaired) electrons. The minimum absolute atomic E-state index is 0.0693. The Morgan fingerprint density at radius 1 is 1.00 bits per heavy atom. The number of fused-ring (bicyclic) bond motifs is 7. The van der Waals surface area contributed by atoms with Crippen molar-refractivity contribution >= 4 is 21.9 Å². The van der Waals surface area contributed by atoms with Crippen molar-refractivity contribution in [2.24, 2.45) is 0 Å². The summed E-state index contributed by atoms with van der Waals surface area (Å²) in [4.78, 5) is 4.65. The first-order valence-corrected chi connectivity index (χ1v) is 7.99. The number of furan rings is 1. The third-order valence-electron chi connectivity index (χ3n) is 5.15. The molecule has 0 atom stereocenters. The SMILES string of the molecule is Cc1ccc2c(c1)oc1ccc3c(c12)C(C)(C)c1cccnc1-3. The Kier molecular flexibility index (Phi) is 2.25. The lowest BCUT2D eigenvalue weighted by Gasteiger charge is -2.21. The summed E-state index contributed by atoms with van der Waals surface area (Å²) in [7, 11) is 0. The number of pyridine rings is 1. The zero-order valence-electron chi connectivity index (χ0n) is 13.5. The number of hydrogen-bond acceptors (Lipinski definition) is 2. The highest BCUT2D eigenvalue weighted by molar-refractivity contribution is 6.10. The van der Waals surface area contributed by atoms with Gasteiger partial charge in [0, 0.05) is 27.9 Å². The first-order chi connectivity index (χ1) is 11.1. The van der Waals surface area contributed by atoms with Crippen LogP contribution in [0.15, 0.2) is 53.1 Å². The summed E-state index contributed by atoms with van der Waals surface area (Å²) in [5, 5.41) is 2.43. The topological polar surface area (TPSA) is 26.0 Å². The molecule has 1 aliphatic carbocycles.